The molecule has 1 N–H and O–H groups in total. The number of oxazole rings is 1. The molecule has 0 saturated carbocycles. The Labute approximate surface area is 133 Å². The van der Waals surface area contributed by atoms with Crippen molar-refractivity contribution in [3.05, 3.63) is 28.3 Å². The number of nitrogens with one attached hydrogen (secondary N) is 1. The molecule has 0 aliphatic carbocycles. The van der Waals surface area contributed by atoms with E-state index in [1.54, 1.807) is 11.3 Å². The van der Waals surface area contributed by atoms with Gasteiger partial charge >= 0.3 is 0 Å². The molecular formula is C16H19N3O2S. The second-order valence-electron chi connectivity index (χ2n) is 6.19. The highest BCUT2D eigenvalue weighted by Crippen LogP contribution is 2.28. The van der Waals surface area contributed by atoms with Crippen LogP contribution in [0.2, 0.25) is 0 Å². The van der Waals surface area contributed by atoms with E-state index in [9.17, 15) is 4.79 Å². The fraction of sp³-hybridized carbons (Fsp3) is 0.500. The Morgan fingerprint density at radius 3 is 2.91 bits per heavy atom. The van der Waals surface area contributed by atoms with Gasteiger partial charge in [-0.05, 0) is 30.2 Å². The van der Waals surface area contributed by atoms with Gasteiger partial charge < -0.3 is 14.6 Å². The number of fused-ring (bicyclic) bond motifs is 1. The summed E-state index contributed by atoms with van der Waals surface area (Å²) < 4.78 is 5.71. The maximum atomic E-state index is 12.5. The number of amides is 1. The van der Waals surface area contributed by atoms with Gasteiger partial charge in [-0.2, -0.15) is 11.3 Å². The minimum Gasteiger partial charge on any atom is -0.441 e. The zero-order valence-electron chi connectivity index (χ0n) is 12.5. The minimum atomic E-state index is 0.169. The number of aromatic nitrogens is 1. The zero-order valence-corrected chi connectivity index (χ0v) is 13.4. The number of rotatable bonds is 3. The van der Waals surface area contributed by atoms with Crippen LogP contribution in [0.1, 0.15) is 11.5 Å². The second kappa shape index (κ2) is 5.52. The second-order valence-corrected chi connectivity index (χ2v) is 6.97. The van der Waals surface area contributed by atoms with Crippen LogP contribution in [0, 0.1) is 18.8 Å². The van der Waals surface area contributed by atoms with Crippen LogP contribution < -0.4 is 5.32 Å². The first-order chi connectivity index (χ1) is 10.7. The molecule has 0 unspecified atom stereocenters. The molecule has 4 rings (SSSR count). The Morgan fingerprint density at radius 1 is 1.45 bits per heavy atom. The molecule has 22 heavy (non-hydrogen) atoms. The lowest BCUT2D eigenvalue weighted by atomic mass is 10.0. The number of thiophene rings is 1. The van der Waals surface area contributed by atoms with E-state index in [-0.39, 0.29) is 5.91 Å². The molecule has 0 spiro atoms. The van der Waals surface area contributed by atoms with Gasteiger partial charge in [0, 0.05) is 37.1 Å². The highest BCUT2D eigenvalue weighted by atomic mass is 32.1. The third kappa shape index (κ3) is 2.46. The maximum absolute atomic E-state index is 12.5. The summed E-state index contributed by atoms with van der Waals surface area (Å²) in [6.07, 6.45) is 0.340. The van der Waals surface area contributed by atoms with Gasteiger partial charge in [0.05, 0.1) is 12.1 Å². The first-order valence-corrected chi connectivity index (χ1v) is 8.62. The average Bonchev–Trinajstić information content (AvgIpc) is 3.21. The van der Waals surface area contributed by atoms with Gasteiger partial charge in [-0.3, -0.25) is 4.79 Å². The predicted octanol–water partition coefficient (Wildman–Crippen LogP) is 1.93. The lowest BCUT2D eigenvalue weighted by Gasteiger charge is -2.16. The van der Waals surface area contributed by atoms with Gasteiger partial charge in [0.2, 0.25) is 11.8 Å². The largest absolute Gasteiger partial charge is 0.441 e. The monoisotopic (exact) mass is 317 g/mol. The van der Waals surface area contributed by atoms with E-state index in [2.05, 4.69) is 10.3 Å². The van der Waals surface area contributed by atoms with Crippen LogP contribution in [-0.2, 0) is 11.2 Å². The Balaban J connectivity index is 1.46. The lowest BCUT2D eigenvalue weighted by Crippen LogP contribution is -2.33. The van der Waals surface area contributed by atoms with Crippen LogP contribution in [0.4, 0.5) is 0 Å². The van der Waals surface area contributed by atoms with E-state index < -0.39 is 0 Å². The van der Waals surface area contributed by atoms with Crippen LogP contribution in [0.25, 0.3) is 11.5 Å². The molecular weight excluding hydrogens is 298 g/mol. The number of carbonyl (C=O) groups excluding carboxylic acids is 1. The number of likely N-dealkylation sites (tertiary alicyclic amines) is 1. The average molecular weight is 317 g/mol. The zero-order chi connectivity index (χ0) is 15.1. The summed E-state index contributed by atoms with van der Waals surface area (Å²) in [6, 6.07) is 1.98. The Morgan fingerprint density at radius 2 is 2.23 bits per heavy atom. The highest BCUT2D eigenvalue weighted by Gasteiger charge is 2.38. The van der Waals surface area contributed by atoms with Crippen molar-refractivity contribution in [2.24, 2.45) is 11.8 Å². The van der Waals surface area contributed by atoms with Crippen LogP contribution in [0.15, 0.2) is 21.2 Å². The molecule has 2 atom stereocenters. The molecule has 5 nitrogen and oxygen atoms in total. The number of carbonyl (C=O) groups is 1. The van der Waals surface area contributed by atoms with Crippen LogP contribution in [-0.4, -0.2) is 42.0 Å². The summed E-state index contributed by atoms with van der Waals surface area (Å²) in [5, 5.41) is 7.40. The first-order valence-electron chi connectivity index (χ1n) is 7.68. The standard InChI is InChI=1S/C16H19N3O2S/c1-10-14(18-16(21-10)11-2-3-22-9-11)4-15(20)19-7-12-5-17-6-13(12)8-19/h2-3,9,12-13,17H,4-8H2,1H3/t12-,13+. The molecule has 2 aromatic rings. The molecule has 6 heteroatoms. The van der Waals surface area contributed by atoms with Crippen molar-refractivity contribution in [2.45, 2.75) is 13.3 Å². The summed E-state index contributed by atoms with van der Waals surface area (Å²) in [5.41, 5.74) is 1.75. The first kappa shape index (κ1) is 14.0. The Kier molecular flexibility index (Phi) is 3.50. The summed E-state index contributed by atoms with van der Waals surface area (Å²) in [7, 11) is 0. The van der Waals surface area contributed by atoms with Crippen molar-refractivity contribution in [1.29, 1.82) is 0 Å². The molecule has 4 heterocycles. The minimum absolute atomic E-state index is 0.169. The number of nitrogens with zero attached hydrogens (tertiary/aromatic N) is 2. The van der Waals surface area contributed by atoms with Crippen molar-refractivity contribution >= 4 is 17.2 Å². The van der Waals surface area contributed by atoms with E-state index in [0.717, 1.165) is 43.2 Å². The van der Waals surface area contributed by atoms with Crippen molar-refractivity contribution in [2.75, 3.05) is 26.2 Å². The van der Waals surface area contributed by atoms with E-state index in [0.29, 0.717) is 24.1 Å². The van der Waals surface area contributed by atoms with Crippen molar-refractivity contribution in [1.82, 2.24) is 15.2 Å². The molecule has 1 amide bonds. The molecule has 2 aromatic heterocycles. The molecule has 0 radical (unpaired) electrons. The number of aryl methyl sites for hydroxylation is 1. The van der Waals surface area contributed by atoms with Crippen molar-refractivity contribution < 1.29 is 9.21 Å². The molecule has 116 valence electrons. The van der Waals surface area contributed by atoms with Crippen LogP contribution in [0.5, 0.6) is 0 Å². The van der Waals surface area contributed by atoms with Crippen molar-refractivity contribution in [3.8, 4) is 11.5 Å². The molecule has 2 fully saturated rings. The molecule has 2 aliphatic rings. The molecule has 0 aromatic carbocycles. The van der Waals surface area contributed by atoms with Gasteiger partial charge in [-0.25, -0.2) is 4.98 Å². The molecule has 2 aliphatic heterocycles. The smallest absolute Gasteiger partial charge is 0.228 e. The quantitative estimate of drug-likeness (QED) is 0.940. The summed E-state index contributed by atoms with van der Waals surface area (Å²) in [6.45, 7) is 5.73. The molecule has 2 saturated heterocycles. The summed E-state index contributed by atoms with van der Waals surface area (Å²) in [5.74, 6) is 2.79. The van der Waals surface area contributed by atoms with E-state index in [1.165, 1.54) is 0 Å². The maximum Gasteiger partial charge on any atom is 0.228 e. The van der Waals surface area contributed by atoms with Gasteiger partial charge in [-0.1, -0.05) is 0 Å². The molecule has 0 bridgehead atoms. The third-order valence-electron chi connectivity index (χ3n) is 4.72. The van der Waals surface area contributed by atoms with Crippen molar-refractivity contribution in [3.63, 3.8) is 0 Å². The number of hydrogen-bond donors (Lipinski definition) is 1. The fourth-order valence-corrected chi connectivity index (χ4v) is 4.05. The van der Waals surface area contributed by atoms with E-state index in [1.807, 2.05) is 28.7 Å². The lowest BCUT2D eigenvalue weighted by molar-refractivity contribution is -0.129. The SMILES string of the molecule is Cc1oc(-c2ccsc2)nc1CC(=O)N1C[C@H]2CNC[C@H]2C1. The topological polar surface area (TPSA) is 58.4 Å². The normalized spacial score (nSPS) is 24.0. The van der Waals surface area contributed by atoms with Gasteiger partial charge in [0.1, 0.15) is 5.76 Å². The predicted molar refractivity (Wildman–Crippen MR) is 84.7 cm³/mol. The third-order valence-corrected chi connectivity index (χ3v) is 5.40. The highest BCUT2D eigenvalue weighted by molar-refractivity contribution is 7.08. The number of hydrogen-bond acceptors (Lipinski definition) is 5. The van der Waals surface area contributed by atoms with Gasteiger partial charge in [-0.15, -0.1) is 0 Å². The van der Waals surface area contributed by atoms with Crippen LogP contribution >= 0.6 is 11.3 Å². The van der Waals surface area contributed by atoms with Gasteiger partial charge in [0.25, 0.3) is 0 Å². The van der Waals surface area contributed by atoms with E-state index >= 15 is 0 Å². The summed E-state index contributed by atoms with van der Waals surface area (Å²) >= 11 is 1.61. The Hall–Kier alpha value is -1.66. The Bertz CT molecular complexity index is 668. The van der Waals surface area contributed by atoms with Gasteiger partial charge in [0.15, 0.2) is 0 Å². The summed E-state index contributed by atoms with van der Waals surface area (Å²) in [4.78, 5) is 19.0. The fourth-order valence-electron chi connectivity index (χ4n) is 3.42. The van der Waals surface area contributed by atoms with Crippen LogP contribution in [0.3, 0.4) is 0 Å². The van der Waals surface area contributed by atoms with E-state index in [4.69, 9.17) is 4.42 Å².